The zero-order chi connectivity index (χ0) is 14.7. The highest BCUT2D eigenvalue weighted by Crippen LogP contribution is 2.26. The molecule has 1 aromatic heterocycles. The second-order valence-corrected chi connectivity index (χ2v) is 6.02. The number of hydrogen-bond donors (Lipinski definition) is 2. The Morgan fingerprint density at radius 3 is 2.65 bits per heavy atom. The normalized spacial score (nSPS) is 17.7. The van der Waals surface area contributed by atoms with Crippen molar-refractivity contribution in [2.45, 2.75) is 45.1 Å². The molecule has 5 nitrogen and oxygen atoms in total. The van der Waals surface area contributed by atoms with Crippen molar-refractivity contribution in [2.24, 2.45) is 18.7 Å². The van der Waals surface area contributed by atoms with E-state index in [0.29, 0.717) is 16.6 Å². The predicted molar refractivity (Wildman–Crippen MR) is 82.6 cm³/mol. The van der Waals surface area contributed by atoms with Crippen LogP contribution in [0.4, 0.5) is 0 Å². The lowest BCUT2D eigenvalue weighted by Gasteiger charge is -2.30. The molecule has 0 radical (unpaired) electrons. The van der Waals surface area contributed by atoms with Crippen molar-refractivity contribution in [3.05, 3.63) is 17.5 Å². The van der Waals surface area contributed by atoms with E-state index in [4.69, 9.17) is 18.0 Å². The molecule has 0 spiro atoms. The maximum absolute atomic E-state index is 12.3. The summed E-state index contributed by atoms with van der Waals surface area (Å²) in [6.07, 6.45) is 5.78. The summed E-state index contributed by atoms with van der Waals surface area (Å²) in [6, 6.07) is 1.56. The SMILES string of the molecule is Cc1cc(C(=O)NC(C(N)=S)C2CCCCC2)n(C)n1. The third-order valence-electron chi connectivity index (χ3n) is 3.95. The molecule has 1 aliphatic carbocycles. The average molecular weight is 294 g/mol. The van der Waals surface area contributed by atoms with Crippen molar-refractivity contribution >= 4 is 23.1 Å². The highest BCUT2D eigenvalue weighted by atomic mass is 32.1. The molecule has 1 amide bonds. The summed E-state index contributed by atoms with van der Waals surface area (Å²) < 4.78 is 1.59. The van der Waals surface area contributed by atoms with E-state index in [-0.39, 0.29) is 11.9 Å². The molecule has 1 aliphatic rings. The number of hydrogen-bond acceptors (Lipinski definition) is 3. The second-order valence-electron chi connectivity index (χ2n) is 5.55. The van der Waals surface area contributed by atoms with E-state index in [1.807, 2.05) is 6.92 Å². The maximum Gasteiger partial charge on any atom is 0.270 e. The summed E-state index contributed by atoms with van der Waals surface area (Å²) in [6.45, 7) is 1.86. The van der Waals surface area contributed by atoms with Crippen molar-refractivity contribution in [1.29, 1.82) is 0 Å². The lowest BCUT2D eigenvalue weighted by molar-refractivity contribution is 0.0922. The van der Waals surface area contributed by atoms with Gasteiger partial charge < -0.3 is 11.1 Å². The van der Waals surface area contributed by atoms with Crippen LogP contribution < -0.4 is 11.1 Å². The Hall–Kier alpha value is -1.43. The fourth-order valence-corrected chi connectivity index (χ4v) is 3.18. The molecule has 1 atom stereocenters. The average Bonchev–Trinajstić information content (AvgIpc) is 2.75. The van der Waals surface area contributed by atoms with Crippen LogP contribution in [0.2, 0.25) is 0 Å². The summed E-state index contributed by atoms with van der Waals surface area (Å²) in [5.74, 6) is 0.205. The Labute approximate surface area is 124 Å². The summed E-state index contributed by atoms with van der Waals surface area (Å²) >= 11 is 5.14. The van der Waals surface area contributed by atoms with Gasteiger partial charge in [-0.25, -0.2) is 0 Å². The van der Waals surface area contributed by atoms with Crippen molar-refractivity contribution < 1.29 is 4.79 Å². The molecule has 0 aromatic carbocycles. The number of carbonyl (C=O) groups is 1. The number of aryl methyl sites for hydroxylation is 2. The summed E-state index contributed by atoms with van der Waals surface area (Å²) in [4.78, 5) is 12.7. The van der Waals surface area contributed by atoms with Crippen LogP contribution in [0.25, 0.3) is 0 Å². The molecule has 1 unspecified atom stereocenters. The molecular weight excluding hydrogens is 272 g/mol. The van der Waals surface area contributed by atoms with Crippen LogP contribution in [0.5, 0.6) is 0 Å². The fourth-order valence-electron chi connectivity index (χ4n) is 2.93. The standard InChI is InChI=1S/C14H22N4OS/c1-9-8-11(18(2)17-9)14(19)16-12(13(15)20)10-6-4-3-5-7-10/h8,10,12H,3-7H2,1-2H3,(H2,15,20)(H,16,19). The van der Waals surface area contributed by atoms with Crippen LogP contribution in [-0.2, 0) is 7.05 Å². The van der Waals surface area contributed by atoms with Gasteiger partial charge in [0.15, 0.2) is 0 Å². The number of carbonyl (C=O) groups excluding carboxylic acids is 1. The maximum atomic E-state index is 12.3. The number of nitrogens with one attached hydrogen (secondary N) is 1. The molecule has 2 rings (SSSR count). The van der Waals surface area contributed by atoms with Crippen molar-refractivity contribution in [3.63, 3.8) is 0 Å². The number of rotatable bonds is 4. The molecule has 0 aliphatic heterocycles. The first-order valence-corrected chi connectivity index (χ1v) is 7.50. The highest BCUT2D eigenvalue weighted by molar-refractivity contribution is 7.80. The molecule has 1 saturated carbocycles. The number of aromatic nitrogens is 2. The van der Waals surface area contributed by atoms with E-state index in [1.54, 1.807) is 17.8 Å². The van der Waals surface area contributed by atoms with Gasteiger partial charge in [-0.1, -0.05) is 31.5 Å². The molecule has 1 aromatic rings. The van der Waals surface area contributed by atoms with Gasteiger partial charge in [0.1, 0.15) is 5.69 Å². The van der Waals surface area contributed by atoms with Crippen molar-refractivity contribution in [1.82, 2.24) is 15.1 Å². The first kappa shape index (κ1) is 15.0. The van der Waals surface area contributed by atoms with Gasteiger partial charge in [0.25, 0.3) is 5.91 Å². The number of nitrogens with two attached hydrogens (primary N) is 1. The quantitative estimate of drug-likeness (QED) is 0.829. The van der Waals surface area contributed by atoms with Crippen molar-refractivity contribution in [2.75, 3.05) is 0 Å². The Kier molecular flexibility index (Phi) is 4.75. The number of thiocarbonyl (C=S) groups is 1. The first-order chi connectivity index (χ1) is 9.49. The van der Waals surface area contributed by atoms with Gasteiger partial charge in [-0.3, -0.25) is 9.48 Å². The molecule has 0 bridgehead atoms. The van der Waals surface area contributed by atoms with Gasteiger partial charge in [0.05, 0.1) is 16.7 Å². The van der Waals surface area contributed by atoms with E-state index in [1.165, 1.54) is 19.3 Å². The summed E-state index contributed by atoms with van der Waals surface area (Å²) in [5.41, 5.74) is 7.19. The van der Waals surface area contributed by atoms with Crippen LogP contribution in [-0.4, -0.2) is 26.7 Å². The van der Waals surface area contributed by atoms with E-state index in [2.05, 4.69) is 10.4 Å². The van der Waals surface area contributed by atoms with Gasteiger partial charge in [0.2, 0.25) is 0 Å². The van der Waals surface area contributed by atoms with Crippen LogP contribution in [0.3, 0.4) is 0 Å². The van der Waals surface area contributed by atoms with E-state index in [0.717, 1.165) is 18.5 Å². The molecule has 110 valence electrons. The fraction of sp³-hybridized carbons (Fsp3) is 0.643. The molecular formula is C14H22N4OS. The molecule has 3 N–H and O–H groups in total. The molecule has 6 heteroatoms. The van der Waals surface area contributed by atoms with E-state index in [9.17, 15) is 4.79 Å². The minimum absolute atomic E-state index is 0.156. The largest absolute Gasteiger partial charge is 0.392 e. The van der Waals surface area contributed by atoms with E-state index < -0.39 is 0 Å². The minimum Gasteiger partial charge on any atom is -0.392 e. The van der Waals surface area contributed by atoms with Crippen LogP contribution >= 0.6 is 12.2 Å². The van der Waals surface area contributed by atoms with Gasteiger partial charge in [-0.2, -0.15) is 5.10 Å². The molecule has 1 heterocycles. The Balaban J connectivity index is 2.09. The monoisotopic (exact) mass is 294 g/mol. The smallest absolute Gasteiger partial charge is 0.270 e. The van der Waals surface area contributed by atoms with Gasteiger partial charge in [0, 0.05) is 7.05 Å². The highest BCUT2D eigenvalue weighted by Gasteiger charge is 2.28. The van der Waals surface area contributed by atoms with Crippen LogP contribution in [0.15, 0.2) is 6.07 Å². The first-order valence-electron chi connectivity index (χ1n) is 7.10. The second kappa shape index (κ2) is 6.35. The van der Waals surface area contributed by atoms with E-state index >= 15 is 0 Å². The molecule has 20 heavy (non-hydrogen) atoms. The zero-order valence-electron chi connectivity index (χ0n) is 12.1. The van der Waals surface area contributed by atoms with Gasteiger partial charge in [-0.15, -0.1) is 0 Å². The van der Waals surface area contributed by atoms with Crippen LogP contribution in [0.1, 0.15) is 48.3 Å². The Bertz CT molecular complexity index is 505. The predicted octanol–water partition coefficient (Wildman–Crippen LogP) is 1.69. The topological polar surface area (TPSA) is 72.9 Å². The third-order valence-corrected chi connectivity index (χ3v) is 4.20. The van der Waals surface area contributed by atoms with Crippen LogP contribution in [0, 0.1) is 12.8 Å². The Morgan fingerprint density at radius 2 is 2.15 bits per heavy atom. The number of nitrogens with zero attached hydrogens (tertiary/aromatic N) is 2. The molecule has 1 fully saturated rings. The van der Waals surface area contributed by atoms with Gasteiger partial charge >= 0.3 is 0 Å². The van der Waals surface area contributed by atoms with Gasteiger partial charge in [-0.05, 0) is 31.7 Å². The lowest BCUT2D eigenvalue weighted by atomic mass is 9.84. The summed E-state index contributed by atoms with van der Waals surface area (Å²) in [7, 11) is 1.76. The zero-order valence-corrected chi connectivity index (χ0v) is 12.9. The Morgan fingerprint density at radius 1 is 1.50 bits per heavy atom. The molecule has 0 saturated heterocycles. The van der Waals surface area contributed by atoms with Crippen molar-refractivity contribution in [3.8, 4) is 0 Å². The number of amides is 1. The minimum atomic E-state index is -0.215. The third kappa shape index (κ3) is 3.36. The summed E-state index contributed by atoms with van der Waals surface area (Å²) in [5, 5.41) is 7.18. The lowest BCUT2D eigenvalue weighted by Crippen LogP contribution is -2.49.